The molecule has 1 saturated heterocycles. The van der Waals surface area contributed by atoms with Crippen molar-refractivity contribution >= 4 is 38.2 Å². The predicted octanol–water partition coefficient (Wildman–Crippen LogP) is 3.61. The largest absolute Gasteiger partial charge is 0.444 e. The number of hydrogen-bond donors (Lipinski definition) is 2. The number of rotatable bonds is 5. The number of imidazole rings is 1. The van der Waals surface area contributed by atoms with Gasteiger partial charge in [-0.3, -0.25) is 0 Å². The maximum absolute atomic E-state index is 13.5. The number of aromatic nitrogens is 4. The number of alkyl carbamates (subject to hydrolysis) is 1. The van der Waals surface area contributed by atoms with Crippen molar-refractivity contribution in [2.24, 2.45) is 0 Å². The highest BCUT2D eigenvalue weighted by molar-refractivity contribution is 7.90. The number of ether oxygens (including phenoxy) is 1. The zero-order valence-corrected chi connectivity index (χ0v) is 23.6. The Bertz CT molecular complexity index is 1630. The first kappa shape index (κ1) is 26.9. The fraction of sp³-hybridized carbons (Fsp3) is 0.444. The van der Waals surface area contributed by atoms with Crippen LogP contribution >= 0.6 is 0 Å². The Morgan fingerprint density at radius 2 is 1.82 bits per heavy atom. The summed E-state index contributed by atoms with van der Waals surface area (Å²) < 4.78 is 35.4. The number of aliphatic hydroxyl groups is 1. The van der Waals surface area contributed by atoms with Crippen molar-refractivity contribution in [3.05, 3.63) is 54.1 Å². The molecule has 12 heteroatoms. The van der Waals surface area contributed by atoms with E-state index >= 15 is 0 Å². The molecule has 2 N–H and O–H groups in total. The average Bonchev–Trinajstić information content (AvgIpc) is 3.46. The van der Waals surface area contributed by atoms with Crippen LogP contribution in [0.2, 0.25) is 0 Å². The van der Waals surface area contributed by atoms with Gasteiger partial charge < -0.3 is 20.2 Å². The van der Waals surface area contributed by atoms with Gasteiger partial charge in [0, 0.05) is 30.7 Å². The van der Waals surface area contributed by atoms with E-state index in [9.17, 15) is 18.3 Å². The molecule has 1 amide bonds. The minimum Gasteiger partial charge on any atom is -0.444 e. The molecule has 39 heavy (non-hydrogen) atoms. The summed E-state index contributed by atoms with van der Waals surface area (Å²) in [7, 11) is -3.88. The van der Waals surface area contributed by atoms with Crippen LogP contribution in [0, 0.1) is 6.92 Å². The fourth-order valence-corrected chi connectivity index (χ4v) is 6.19. The first-order valence-corrected chi connectivity index (χ1v) is 14.4. The monoisotopic (exact) mass is 554 g/mol. The van der Waals surface area contributed by atoms with Crippen LogP contribution in [0.4, 0.5) is 4.79 Å². The number of hydrogen-bond acceptors (Lipinski definition) is 8. The fourth-order valence-electron chi connectivity index (χ4n) is 4.89. The molecule has 0 unspecified atom stereocenters. The number of aliphatic hydroxyl groups excluding tert-OH is 1. The van der Waals surface area contributed by atoms with Gasteiger partial charge in [-0.1, -0.05) is 17.7 Å². The standard InChI is InChI=1S/C27H34N6O5S/c1-17-6-8-20(9-7-17)39(36,37)32-15-12-21-23-22(16-28-25(21)32)30-24(18(2)34)33(23)31-13-10-19(11-14-31)29-26(35)38-27(3,4)5/h6-9,12,15-16,18-19,34H,10-11,13-14H2,1-5H3,(H,29,35)/t18-/m1/s1. The Hall–Kier alpha value is -3.64. The molecule has 1 aliphatic heterocycles. The molecule has 0 aliphatic carbocycles. The number of fused-ring (bicyclic) bond motifs is 3. The molecule has 1 aliphatic rings. The van der Waals surface area contributed by atoms with E-state index < -0.39 is 27.8 Å². The Balaban J connectivity index is 1.50. The topological polar surface area (TPSA) is 132 Å². The van der Waals surface area contributed by atoms with E-state index in [1.807, 2.05) is 32.4 Å². The van der Waals surface area contributed by atoms with Gasteiger partial charge in [0.15, 0.2) is 11.5 Å². The van der Waals surface area contributed by atoms with E-state index in [2.05, 4.69) is 20.3 Å². The molecular weight excluding hydrogens is 520 g/mol. The van der Waals surface area contributed by atoms with Crippen LogP contribution in [-0.2, 0) is 14.8 Å². The molecule has 208 valence electrons. The highest BCUT2D eigenvalue weighted by Gasteiger charge is 2.29. The first-order valence-electron chi connectivity index (χ1n) is 13.0. The van der Waals surface area contributed by atoms with Gasteiger partial charge in [0.25, 0.3) is 10.0 Å². The molecule has 1 aromatic carbocycles. The molecule has 4 aromatic rings. The third-order valence-corrected chi connectivity index (χ3v) is 8.40. The number of nitrogens with one attached hydrogen (secondary N) is 1. The van der Waals surface area contributed by atoms with Crippen molar-refractivity contribution in [3.63, 3.8) is 0 Å². The van der Waals surface area contributed by atoms with Crippen molar-refractivity contribution in [1.29, 1.82) is 0 Å². The summed E-state index contributed by atoms with van der Waals surface area (Å²) in [6, 6.07) is 8.35. The van der Waals surface area contributed by atoms with Gasteiger partial charge in [-0.25, -0.2) is 31.8 Å². The van der Waals surface area contributed by atoms with Gasteiger partial charge in [-0.2, -0.15) is 0 Å². The van der Waals surface area contributed by atoms with Crippen molar-refractivity contribution in [3.8, 4) is 0 Å². The van der Waals surface area contributed by atoms with Crippen LogP contribution < -0.4 is 10.3 Å². The molecule has 0 bridgehead atoms. The van der Waals surface area contributed by atoms with E-state index in [1.165, 1.54) is 16.4 Å². The number of piperidine rings is 1. The predicted molar refractivity (Wildman–Crippen MR) is 148 cm³/mol. The van der Waals surface area contributed by atoms with Gasteiger partial charge in [-0.05, 0) is 65.7 Å². The van der Waals surface area contributed by atoms with Crippen LogP contribution in [0.1, 0.15) is 58.0 Å². The summed E-state index contributed by atoms with van der Waals surface area (Å²) in [5.74, 6) is 0.437. The third kappa shape index (κ3) is 5.18. The van der Waals surface area contributed by atoms with E-state index in [0.717, 1.165) is 5.56 Å². The average molecular weight is 555 g/mol. The van der Waals surface area contributed by atoms with Gasteiger partial charge >= 0.3 is 6.09 Å². The number of aryl methyl sites for hydroxylation is 1. The number of nitrogens with zero attached hydrogens (tertiary/aromatic N) is 5. The number of carbonyl (C=O) groups is 1. The lowest BCUT2D eigenvalue weighted by molar-refractivity contribution is 0.0495. The summed E-state index contributed by atoms with van der Waals surface area (Å²) in [5, 5.41) is 16.2. The van der Waals surface area contributed by atoms with Crippen LogP contribution in [0.25, 0.3) is 22.1 Å². The van der Waals surface area contributed by atoms with Gasteiger partial charge in [0.2, 0.25) is 0 Å². The van der Waals surface area contributed by atoms with E-state index in [1.54, 1.807) is 37.3 Å². The number of pyridine rings is 1. The van der Waals surface area contributed by atoms with E-state index in [4.69, 9.17) is 4.74 Å². The summed E-state index contributed by atoms with van der Waals surface area (Å²) >= 11 is 0. The quantitative estimate of drug-likeness (QED) is 0.383. The number of carbonyl (C=O) groups excluding carboxylic acids is 1. The highest BCUT2D eigenvalue weighted by Crippen LogP contribution is 2.31. The number of amides is 1. The third-order valence-electron chi connectivity index (χ3n) is 6.72. The lowest BCUT2D eigenvalue weighted by Gasteiger charge is -2.36. The molecule has 3 aromatic heterocycles. The molecule has 11 nitrogen and oxygen atoms in total. The minimum atomic E-state index is -3.88. The molecule has 4 heterocycles. The zero-order chi connectivity index (χ0) is 28.1. The maximum Gasteiger partial charge on any atom is 0.407 e. The van der Waals surface area contributed by atoms with E-state index in [-0.39, 0.29) is 16.6 Å². The Morgan fingerprint density at radius 1 is 1.15 bits per heavy atom. The van der Waals surface area contributed by atoms with Crippen molar-refractivity contribution in [1.82, 2.24) is 23.9 Å². The lowest BCUT2D eigenvalue weighted by atomic mass is 10.1. The van der Waals surface area contributed by atoms with E-state index in [0.29, 0.717) is 48.2 Å². The second kappa shape index (κ2) is 9.83. The van der Waals surface area contributed by atoms with Gasteiger partial charge in [0.1, 0.15) is 22.7 Å². The summed E-state index contributed by atoms with van der Waals surface area (Å²) in [6.07, 6.45) is 3.05. The van der Waals surface area contributed by atoms with Gasteiger partial charge in [0.05, 0.1) is 11.1 Å². The van der Waals surface area contributed by atoms with Crippen LogP contribution in [0.3, 0.4) is 0 Å². The molecule has 5 rings (SSSR count). The van der Waals surface area contributed by atoms with Crippen LogP contribution in [0.15, 0.2) is 47.6 Å². The summed E-state index contributed by atoms with van der Waals surface area (Å²) in [6.45, 7) is 10.2. The molecule has 1 fully saturated rings. The van der Waals surface area contributed by atoms with Crippen molar-refractivity contribution in [2.45, 2.75) is 70.1 Å². The molecule has 0 radical (unpaired) electrons. The molecular formula is C27H34N6O5S. The summed E-state index contributed by atoms with van der Waals surface area (Å²) in [4.78, 5) is 21.5. The highest BCUT2D eigenvalue weighted by atomic mass is 32.2. The van der Waals surface area contributed by atoms with Gasteiger partial charge in [-0.15, -0.1) is 0 Å². The zero-order valence-electron chi connectivity index (χ0n) is 22.7. The second-order valence-corrected chi connectivity index (χ2v) is 12.8. The molecule has 1 atom stereocenters. The normalized spacial score (nSPS) is 16.1. The number of benzene rings is 1. The van der Waals surface area contributed by atoms with Crippen molar-refractivity contribution < 1.29 is 23.1 Å². The Morgan fingerprint density at radius 3 is 2.44 bits per heavy atom. The maximum atomic E-state index is 13.5. The lowest BCUT2D eigenvalue weighted by Crippen LogP contribution is -2.49. The molecule has 0 spiro atoms. The second-order valence-electron chi connectivity index (χ2n) is 11.0. The van der Waals surface area contributed by atoms with Crippen molar-refractivity contribution in [2.75, 3.05) is 18.1 Å². The van der Waals surface area contributed by atoms with Crippen LogP contribution in [0.5, 0.6) is 0 Å². The van der Waals surface area contributed by atoms with Crippen LogP contribution in [-0.4, -0.2) is 63.0 Å². The minimum absolute atomic E-state index is 0.0525. The Labute approximate surface area is 227 Å². The Kier molecular flexibility index (Phi) is 6.79. The SMILES string of the molecule is Cc1ccc(S(=O)(=O)n2ccc3c2ncc2nc([C@@H](C)O)n(N4CCC(NC(=O)OC(C)(C)C)CC4)c23)cc1. The summed E-state index contributed by atoms with van der Waals surface area (Å²) in [5.41, 5.74) is 1.90. The smallest absolute Gasteiger partial charge is 0.407 e. The first-order chi connectivity index (χ1) is 18.3. The molecule has 0 saturated carbocycles.